The quantitative estimate of drug-likeness (QED) is 0.829. The summed E-state index contributed by atoms with van der Waals surface area (Å²) in [6, 6.07) is 5.54. The smallest absolute Gasteiger partial charge is 0.126 e. The minimum Gasteiger partial charge on any atom is -0.487 e. The third-order valence-electron chi connectivity index (χ3n) is 4.47. The Balaban J connectivity index is 1.90. The normalized spacial score (nSPS) is 34.4. The zero-order valence-electron chi connectivity index (χ0n) is 10.7. The molecule has 1 aromatic rings. The molecule has 18 heavy (non-hydrogen) atoms. The number of fused-ring (bicyclic) bond motifs is 1. The molecule has 1 aliphatic carbocycles. The predicted octanol–water partition coefficient (Wildman–Crippen LogP) is 4.10. The van der Waals surface area contributed by atoms with Crippen LogP contribution in [0.25, 0.3) is 0 Å². The van der Waals surface area contributed by atoms with Gasteiger partial charge < -0.3 is 9.84 Å². The van der Waals surface area contributed by atoms with E-state index >= 15 is 0 Å². The van der Waals surface area contributed by atoms with Crippen LogP contribution < -0.4 is 4.74 Å². The van der Waals surface area contributed by atoms with Gasteiger partial charge in [0.15, 0.2) is 0 Å². The van der Waals surface area contributed by atoms with Gasteiger partial charge in [0.2, 0.25) is 0 Å². The van der Waals surface area contributed by atoms with Crippen molar-refractivity contribution >= 4 is 11.6 Å². The summed E-state index contributed by atoms with van der Waals surface area (Å²) in [6.45, 7) is 2.23. The van der Waals surface area contributed by atoms with E-state index in [9.17, 15) is 5.11 Å². The molecule has 0 saturated heterocycles. The molecule has 0 radical (unpaired) electrons. The van der Waals surface area contributed by atoms with Gasteiger partial charge >= 0.3 is 0 Å². The third kappa shape index (κ3) is 2.02. The van der Waals surface area contributed by atoms with Gasteiger partial charge in [-0.1, -0.05) is 24.9 Å². The van der Waals surface area contributed by atoms with Crippen LogP contribution >= 0.6 is 11.6 Å². The van der Waals surface area contributed by atoms with Crippen molar-refractivity contribution in [3.05, 3.63) is 28.8 Å². The van der Waals surface area contributed by atoms with Crippen molar-refractivity contribution in [1.82, 2.24) is 0 Å². The summed E-state index contributed by atoms with van der Waals surface area (Å²) in [5, 5.41) is 11.0. The lowest BCUT2D eigenvalue weighted by Gasteiger charge is -2.38. The van der Waals surface area contributed by atoms with Crippen LogP contribution in [0.3, 0.4) is 0 Å². The number of benzene rings is 1. The molecule has 2 aliphatic rings. The lowest BCUT2D eigenvalue weighted by atomic mass is 9.86. The van der Waals surface area contributed by atoms with Crippen molar-refractivity contribution in [2.24, 2.45) is 5.92 Å². The Morgan fingerprint density at radius 2 is 2.28 bits per heavy atom. The van der Waals surface area contributed by atoms with Crippen LogP contribution in [0.2, 0.25) is 5.02 Å². The van der Waals surface area contributed by atoms with E-state index in [2.05, 4.69) is 6.92 Å². The van der Waals surface area contributed by atoms with Crippen LogP contribution in [0, 0.1) is 5.92 Å². The molecule has 1 saturated carbocycles. The van der Waals surface area contributed by atoms with Gasteiger partial charge in [-0.25, -0.2) is 0 Å². The molecule has 1 fully saturated rings. The molecular formula is C15H19ClO2. The van der Waals surface area contributed by atoms with Gasteiger partial charge in [0.05, 0.1) is 6.10 Å². The molecule has 3 rings (SSSR count). The molecule has 0 bridgehead atoms. The number of halogens is 1. The summed E-state index contributed by atoms with van der Waals surface area (Å²) >= 11 is 5.97. The summed E-state index contributed by atoms with van der Waals surface area (Å²) in [7, 11) is 0. The highest BCUT2D eigenvalue weighted by molar-refractivity contribution is 6.30. The molecule has 1 spiro atoms. The van der Waals surface area contributed by atoms with Crippen molar-refractivity contribution in [2.75, 3.05) is 0 Å². The monoisotopic (exact) mass is 266 g/mol. The average Bonchev–Trinajstić information content (AvgIpc) is 2.73. The summed E-state index contributed by atoms with van der Waals surface area (Å²) in [5.74, 6) is 1.56. The van der Waals surface area contributed by atoms with E-state index in [-0.39, 0.29) is 5.60 Å². The minimum atomic E-state index is -0.442. The fraction of sp³-hybridized carbons (Fsp3) is 0.600. The van der Waals surface area contributed by atoms with E-state index in [0.29, 0.717) is 11.4 Å². The molecule has 3 atom stereocenters. The van der Waals surface area contributed by atoms with Crippen molar-refractivity contribution in [1.29, 1.82) is 0 Å². The second kappa shape index (κ2) is 4.43. The third-order valence-corrected chi connectivity index (χ3v) is 4.70. The number of aliphatic hydroxyl groups excluding tert-OH is 1. The fourth-order valence-corrected chi connectivity index (χ4v) is 3.61. The summed E-state index contributed by atoms with van der Waals surface area (Å²) < 4.78 is 6.22. The van der Waals surface area contributed by atoms with Crippen LogP contribution in [0.4, 0.5) is 0 Å². The van der Waals surface area contributed by atoms with E-state index in [1.807, 2.05) is 18.2 Å². The summed E-state index contributed by atoms with van der Waals surface area (Å²) in [5.41, 5.74) is 0.703. The van der Waals surface area contributed by atoms with Gasteiger partial charge in [-0.3, -0.25) is 0 Å². The maximum atomic E-state index is 10.3. The first-order chi connectivity index (χ1) is 8.62. The van der Waals surface area contributed by atoms with E-state index in [1.54, 1.807) is 0 Å². The highest BCUT2D eigenvalue weighted by Gasteiger charge is 2.45. The Bertz CT molecular complexity index is 460. The zero-order chi connectivity index (χ0) is 12.8. The SMILES string of the molecule is CCC1CCC2(C1)CC(O)c1cc(Cl)ccc1O2. The lowest BCUT2D eigenvalue weighted by Crippen LogP contribution is -2.38. The number of hydrogen-bond donors (Lipinski definition) is 1. The van der Waals surface area contributed by atoms with Gasteiger partial charge in [-0.05, 0) is 43.4 Å². The molecule has 2 nitrogen and oxygen atoms in total. The Morgan fingerprint density at radius 1 is 1.44 bits per heavy atom. The second-order valence-corrected chi connectivity index (χ2v) is 6.14. The van der Waals surface area contributed by atoms with Crippen molar-refractivity contribution < 1.29 is 9.84 Å². The number of hydrogen-bond acceptors (Lipinski definition) is 2. The largest absolute Gasteiger partial charge is 0.487 e. The zero-order valence-corrected chi connectivity index (χ0v) is 11.4. The molecule has 3 heteroatoms. The maximum absolute atomic E-state index is 10.3. The first kappa shape index (κ1) is 12.3. The van der Waals surface area contributed by atoms with Crippen molar-refractivity contribution in [2.45, 2.75) is 50.7 Å². The van der Waals surface area contributed by atoms with E-state index in [0.717, 1.165) is 30.1 Å². The van der Waals surface area contributed by atoms with E-state index in [4.69, 9.17) is 16.3 Å². The summed E-state index contributed by atoms with van der Waals surface area (Å²) in [6.07, 6.45) is 4.81. The Labute approximate surface area is 113 Å². The Morgan fingerprint density at radius 3 is 3.00 bits per heavy atom. The molecule has 1 heterocycles. The van der Waals surface area contributed by atoms with Gasteiger partial charge in [0, 0.05) is 17.0 Å². The lowest BCUT2D eigenvalue weighted by molar-refractivity contribution is -0.0121. The molecule has 1 aromatic carbocycles. The molecule has 1 aliphatic heterocycles. The maximum Gasteiger partial charge on any atom is 0.126 e. The number of aliphatic hydroxyl groups is 1. The molecule has 0 aromatic heterocycles. The van der Waals surface area contributed by atoms with Gasteiger partial charge in [0.25, 0.3) is 0 Å². The fourth-order valence-electron chi connectivity index (χ4n) is 3.43. The van der Waals surface area contributed by atoms with Crippen LogP contribution in [-0.2, 0) is 0 Å². The van der Waals surface area contributed by atoms with E-state index in [1.165, 1.54) is 12.8 Å². The van der Waals surface area contributed by atoms with Gasteiger partial charge in [0.1, 0.15) is 11.4 Å². The van der Waals surface area contributed by atoms with Crippen LogP contribution in [0.15, 0.2) is 18.2 Å². The first-order valence-electron chi connectivity index (χ1n) is 6.78. The molecule has 0 amide bonds. The van der Waals surface area contributed by atoms with Crippen molar-refractivity contribution in [3.63, 3.8) is 0 Å². The van der Waals surface area contributed by atoms with Crippen LogP contribution in [0.1, 0.15) is 50.7 Å². The molecule has 98 valence electrons. The predicted molar refractivity (Wildman–Crippen MR) is 72.0 cm³/mol. The Hall–Kier alpha value is -0.730. The molecule has 1 N–H and O–H groups in total. The average molecular weight is 267 g/mol. The number of ether oxygens (including phenoxy) is 1. The van der Waals surface area contributed by atoms with Crippen molar-refractivity contribution in [3.8, 4) is 5.75 Å². The van der Waals surface area contributed by atoms with E-state index < -0.39 is 6.10 Å². The van der Waals surface area contributed by atoms with Crippen LogP contribution in [0.5, 0.6) is 5.75 Å². The number of rotatable bonds is 1. The van der Waals surface area contributed by atoms with Gasteiger partial charge in [-0.15, -0.1) is 0 Å². The van der Waals surface area contributed by atoms with Gasteiger partial charge in [-0.2, -0.15) is 0 Å². The first-order valence-corrected chi connectivity index (χ1v) is 7.16. The topological polar surface area (TPSA) is 29.5 Å². The Kier molecular flexibility index (Phi) is 3.03. The summed E-state index contributed by atoms with van der Waals surface area (Å²) in [4.78, 5) is 0. The highest BCUT2D eigenvalue weighted by Crippen LogP contribution is 2.49. The minimum absolute atomic E-state index is 0.138. The standard InChI is InChI=1S/C15H19ClO2/c1-2-10-5-6-15(8-10)9-13(17)12-7-11(16)3-4-14(12)18-15/h3-4,7,10,13,17H,2,5-6,8-9H2,1H3. The molecular weight excluding hydrogens is 248 g/mol. The second-order valence-electron chi connectivity index (χ2n) is 5.70. The highest BCUT2D eigenvalue weighted by atomic mass is 35.5. The molecule has 3 unspecified atom stereocenters. The van der Waals surface area contributed by atoms with Crippen LogP contribution in [-0.4, -0.2) is 10.7 Å².